The van der Waals surface area contributed by atoms with Gasteiger partial charge in [0, 0.05) is 12.4 Å². The van der Waals surface area contributed by atoms with E-state index in [1.165, 1.54) is 18.7 Å². The van der Waals surface area contributed by atoms with Gasteiger partial charge in [-0.2, -0.15) is 0 Å². The van der Waals surface area contributed by atoms with E-state index in [0.29, 0.717) is 5.76 Å². The molecule has 2 heterocycles. The van der Waals surface area contributed by atoms with Crippen LogP contribution in [0.2, 0.25) is 0 Å². The van der Waals surface area contributed by atoms with Crippen molar-refractivity contribution >= 4 is 12.4 Å². The van der Waals surface area contributed by atoms with Gasteiger partial charge in [-0.3, -0.25) is 15.7 Å². The molecule has 2 N–H and O–H groups in total. The Bertz CT molecular complexity index is 366. The quantitative estimate of drug-likeness (QED) is 0.685. The average Bonchev–Trinajstić information content (AvgIpc) is 2.60. The highest BCUT2D eigenvalue weighted by Crippen LogP contribution is 2.20. The number of hydrogen-bond acceptors (Lipinski definition) is 5. The molecular weight excluding hydrogens is 194 g/mol. The van der Waals surface area contributed by atoms with Crippen LogP contribution in [0.15, 0.2) is 46.6 Å². The predicted molar refractivity (Wildman–Crippen MR) is 57.3 cm³/mol. The van der Waals surface area contributed by atoms with Crippen LogP contribution in [0.4, 0.5) is 0 Å². The third-order valence-electron chi connectivity index (χ3n) is 1.93. The van der Waals surface area contributed by atoms with Crippen LogP contribution < -0.4 is 5.73 Å². The largest absolute Gasteiger partial charge is 0.471 e. The van der Waals surface area contributed by atoms with E-state index in [0.717, 1.165) is 0 Å². The van der Waals surface area contributed by atoms with Crippen LogP contribution in [0, 0.1) is 0 Å². The Kier molecular flexibility index (Phi) is 2.64. The van der Waals surface area contributed by atoms with E-state index in [9.17, 15) is 0 Å². The van der Waals surface area contributed by atoms with Gasteiger partial charge in [0.1, 0.15) is 6.54 Å². The van der Waals surface area contributed by atoms with Gasteiger partial charge < -0.3 is 9.47 Å². The van der Waals surface area contributed by atoms with Crippen molar-refractivity contribution in [3.05, 3.63) is 36.6 Å². The van der Waals surface area contributed by atoms with Crippen LogP contribution in [0.3, 0.4) is 0 Å². The van der Waals surface area contributed by atoms with Crippen LogP contribution >= 0.6 is 0 Å². The van der Waals surface area contributed by atoms with Crippen LogP contribution in [0.25, 0.3) is 0 Å². The van der Waals surface area contributed by atoms with Crippen molar-refractivity contribution in [3.63, 3.8) is 0 Å². The molecule has 2 aliphatic heterocycles. The first-order valence-corrected chi connectivity index (χ1v) is 4.48. The Morgan fingerprint density at radius 1 is 1.27 bits per heavy atom. The second kappa shape index (κ2) is 4.10. The molecule has 15 heavy (non-hydrogen) atoms. The molecule has 5 nitrogen and oxygen atoms in total. The Morgan fingerprint density at radius 3 is 3.07 bits per heavy atom. The average molecular weight is 205 g/mol. The van der Waals surface area contributed by atoms with Gasteiger partial charge in [-0.25, -0.2) is 0 Å². The lowest BCUT2D eigenvalue weighted by molar-refractivity contribution is 0.0296. The Morgan fingerprint density at radius 2 is 2.13 bits per heavy atom. The summed E-state index contributed by atoms with van der Waals surface area (Å²) < 4.78 is 10.7. The molecule has 2 aliphatic rings. The van der Waals surface area contributed by atoms with Crippen LogP contribution in [-0.2, 0) is 9.47 Å². The molecule has 0 spiro atoms. The molecule has 1 unspecified atom stereocenters. The zero-order valence-electron chi connectivity index (χ0n) is 8.04. The molecule has 0 aromatic carbocycles. The highest BCUT2D eigenvalue weighted by molar-refractivity contribution is 5.72. The minimum Gasteiger partial charge on any atom is -0.471 e. The Labute approximate surface area is 87.3 Å². The summed E-state index contributed by atoms with van der Waals surface area (Å²) in [5.41, 5.74) is 4.93. The standard InChI is InChI=1S/C10H11N3O2/c11-10(8-13-4-2-6-15-10)9-7-12-3-1-5-14-9/h1-7H,8,11H2. The van der Waals surface area contributed by atoms with E-state index >= 15 is 0 Å². The summed E-state index contributed by atoms with van der Waals surface area (Å²) in [5, 5.41) is 0. The maximum Gasteiger partial charge on any atom is 0.237 e. The van der Waals surface area contributed by atoms with Crippen LogP contribution in [0.1, 0.15) is 0 Å². The third-order valence-corrected chi connectivity index (χ3v) is 1.93. The maximum atomic E-state index is 6.01. The van der Waals surface area contributed by atoms with E-state index in [2.05, 4.69) is 9.98 Å². The summed E-state index contributed by atoms with van der Waals surface area (Å²) >= 11 is 0. The summed E-state index contributed by atoms with van der Waals surface area (Å²) in [5.74, 6) is 0.427. The Hall–Kier alpha value is -1.88. The van der Waals surface area contributed by atoms with Crippen LogP contribution in [-0.4, -0.2) is 24.7 Å². The van der Waals surface area contributed by atoms with Crippen molar-refractivity contribution in [3.8, 4) is 0 Å². The fourth-order valence-corrected chi connectivity index (χ4v) is 1.17. The van der Waals surface area contributed by atoms with Crippen molar-refractivity contribution < 1.29 is 9.47 Å². The molecule has 78 valence electrons. The maximum absolute atomic E-state index is 6.01. The highest BCUT2D eigenvalue weighted by Gasteiger charge is 2.33. The molecule has 0 aromatic heterocycles. The Balaban J connectivity index is 2.24. The fourth-order valence-electron chi connectivity index (χ4n) is 1.17. The van der Waals surface area contributed by atoms with Crippen molar-refractivity contribution in [2.45, 2.75) is 5.72 Å². The van der Waals surface area contributed by atoms with Gasteiger partial charge in [0.25, 0.3) is 0 Å². The van der Waals surface area contributed by atoms with E-state index in [-0.39, 0.29) is 6.54 Å². The van der Waals surface area contributed by atoms with Gasteiger partial charge in [-0.15, -0.1) is 0 Å². The lowest BCUT2D eigenvalue weighted by atomic mass is 10.2. The summed E-state index contributed by atoms with van der Waals surface area (Å²) in [6, 6.07) is 0. The molecule has 2 rings (SSSR count). The molecule has 0 aromatic rings. The third kappa shape index (κ3) is 2.13. The topological polar surface area (TPSA) is 69.2 Å². The summed E-state index contributed by atoms with van der Waals surface area (Å²) in [6.45, 7) is 0.287. The van der Waals surface area contributed by atoms with Crippen molar-refractivity contribution in [2.24, 2.45) is 15.7 Å². The molecule has 0 saturated carbocycles. The lowest BCUT2D eigenvalue weighted by Gasteiger charge is -2.26. The summed E-state index contributed by atoms with van der Waals surface area (Å²) in [4.78, 5) is 8.04. The van der Waals surface area contributed by atoms with E-state index < -0.39 is 5.72 Å². The molecule has 0 radical (unpaired) electrons. The van der Waals surface area contributed by atoms with Gasteiger partial charge in [0.05, 0.1) is 18.7 Å². The van der Waals surface area contributed by atoms with Gasteiger partial charge in [0.15, 0.2) is 5.76 Å². The second-order valence-electron chi connectivity index (χ2n) is 3.06. The van der Waals surface area contributed by atoms with Crippen LogP contribution in [0.5, 0.6) is 0 Å². The van der Waals surface area contributed by atoms with Crippen molar-refractivity contribution in [2.75, 3.05) is 6.54 Å². The smallest absolute Gasteiger partial charge is 0.237 e. The normalized spacial score (nSPS) is 28.7. The lowest BCUT2D eigenvalue weighted by Crippen LogP contribution is -2.46. The second-order valence-corrected chi connectivity index (χ2v) is 3.06. The van der Waals surface area contributed by atoms with Gasteiger partial charge in [0.2, 0.25) is 5.72 Å². The van der Waals surface area contributed by atoms with Gasteiger partial charge in [-0.1, -0.05) is 0 Å². The summed E-state index contributed by atoms with van der Waals surface area (Å²) in [7, 11) is 0. The number of nitrogens with zero attached hydrogens (tertiary/aromatic N) is 2. The summed E-state index contributed by atoms with van der Waals surface area (Å²) in [6.07, 6.45) is 11.1. The number of nitrogens with two attached hydrogens (primary N) is 1. The molecule has 0 saturated heterocycles. The number of ether oxygens (including phenoxy) is 2. The fraction of sp³-hybridized carbons (Fsp3) is 0.200. The van der Waals surface area contributed by atoms with E-state index in [4.69, 9.17) is 15.2 Å². The van der Waals surface area contributed by atoms with E-state index in [1.54, 1.807) is 24.6 Å². The first-order valence-electron chi connectivity index (χ1n) is 4.48. The SMILES string of the molecule is NC1(C2=CN=CC=CO2)CN=CC=CO1. The number of hydrogen-bond donors (Lipinski definition) is 1. The van der Waals surface area contributed by atoms with Gasteiger partial charge in [-0.05, 0) is 12.2 Å². The van der Waals surface area contributed by atoms with Gasteiger partial charge >= 0.3 is 0 Å². The first kappa shape index (κ1) is 9.67. The zero-order chi connectivity index (χ0) is 10.6. The first-order chi connectivity index (χ1) is 7.31. The highest BCUT2D eigenvalue weighted by atomic mass is 16.5. The number of allylic oxidation sites excluding steroid dienone is 2. The molecule has 0 amide bonds. The molecule has 0 aliphatic carbocycles. The molecule has 0 bridgehead atoms. The van der Waals surface area contributed by atoms with Crippen molar-refractivity contribution in [1.82, 2.24) is 0 Å². The molecule has 1 atom stereocenters. The number of aliphatic imine (C=N–C) groups is 2. The number of rotatable bonds is 1. The molecular formula is C10H11N3O2. The minimum atomic E-state index is -1.09. The van der Waals surface area contributed by atoms with E-state index in [1.807, 2.05) is 0 Å². The zero-order valence-corrected chi connectivity index (χ0v) is 8.04. The monoisotopic (exact) mass is 205 g/mol. The minimum absolute atomic E-state index is 0.287. The molecule has 5 heteroatoms. The van der Waals surface area contributed by atoms with Crippen molar-refractivity contribution in [1.29, 1.82) is 0 Å². The predicted octanol–water partition coefficient (Wildman–Crippen LogP) is 0.712. The molecule has 0 fully saturated rings.